The van der Waals surface area contributed by atoms with Gasteiger partial charge in [-0.25, -0.2) is 4.79 Å². The predicted molar refractivity (Wildman–Crippen MR) is 110 cm³/mol. The summed E-state index contributed by atoms with van der Waals surface area (Å²) in [6.07, 6.45) is -0.261. The number of thiol groups is 1. The molecule has 13 heteroatoms. The topological polar surface area (TPSA) is 214 Å². The van der Waals surface area contributed by atoms with Crippen LogP contribution in [-0.4, -0.2) is 76.3 Å². The third-order valence-electron chi connectivity index (χ3n) is 3.98. The Morgan fingerprint density at radius 2 is 1.43 bits per heavy atom. The fourth-order valence-corrected chi connectivity index (χ4v) is 2.51. The molecule has 0 bridgehead atoms. The quantitative estimate of drug-likeness (QED) is 0.128. The maximum atomic E-state index is 12.5. The normalized spacial score (nSPS) is 14.9. The van der Waals surface area contributed by atoms with Crippen LogP contribution in [0, 0.1) is 5.92 Å². The maximum Gasteiger partial charge on any atom is 0.326 e. The molecule has 0 aromatic rings. The Bertz CT molecular complexity index is 632. The van der Waals surface area contributed by atoms with Crippen molar-refractivity contribution in [2.75, 3.05) is 12.4 Å². The SMILES string of the molecule is CC(C)CC(NC(=O)C(CO)NC(=O)C(CCC(N)=O)NC(=O)C(N)CS)C(=O)O. The summed E-state index contributed by atoms with van der Waals surface area (Å²) in [5.74, 6) is -4.49. The lowest BCUT2D eigenvalue weighted by Crippen LogP contribution is -2.58. The monoisotopic (exact) mass is 449 g/mol. The number of primary amides is 1. The highest BCUT2D eigenvalue weighted by molar-refractivity contribution is 7.80. The Morgan fingerprint density at radius 1 is 0.933 bits per heavy atom. The number of carboxylic acids is 1. The average molecular weight is 450 g/mol. The summed E-state index contributed by atoms with van der Waals surface area (Å²) in [4.78, 5) is 59.2. The molecular formula is C17H31N5O7S. The van der Waals surface area contributed by atoms with E-state index in [0.717, 1.165) is 0 Å². The predicted octanol–water partition coefficient (Wildman–Crippen LogP) is -2.91. The minimum absolute atomic E-state index is 0.00406. The fraction of sp³-hybridized carbons (Fsp3) is 0.706. The number of hydrogen-bond donors (Lipinski definition) is 8. The molecule has 0 heterocycles. The molecule has 0 saturated heterocycles. The van der Waals surface area contributed by atoms with Gasteiger partial charge in [-0.1, -0.05) is 13.8 Å². The molecule has 0 fully saturated rings. The number of nitrogens with two attached hydrogens (primary N) is 2. The summed E-state index contributed by atoms with van der Waals surface area (Å²) in [5.41, 5.74) is 10.6. The Morgan fingerprint density at radius 3 is 1.87 bits per heavy atom. The molecule has 4 amide bonds. The lowest BCUT2D eigenvalue weighted by atomic mass is 10.0. The molecule has 9 N–H and O–H groups in total. The summed E-state index contributed by atoms with van der Waals surface area (Å²) in [6, 6.07) is -4.95. The first kappa shape index (κ1) is 27.6. The second kappa shape index (κ2) is 13.8. The van der Waals surface area contributed by atoms with Crippen LogP contribution >= 0.6 is 12.6 Å². The molecule has 172 valence electrons. The number of carbonyl (C=O) groups excluding carboxylic acids is 4. The van der Waals surface area contributed by atoms with Crippen LogP contribution in [0.25, 0.3) is 0 Å². The Hall–Kier alpha value is -2.38. The molecular weight excluding hydrogens is 418 g/mol. The van der Waals surface area contributed by atoms with Crippen LogP contribution in [0.1, 0.15) is 33.1 Å². The fourth-order valence-electron chi connectivity index (χ4n) is 2.35. The maximum absolute atomic E-state index is 12.5. The summed E-state index contributed by atoms with van der Waals surface area (Å²) >= 11 is 3.89. The van der Waals surface area contributed by atoms with Crippen molar-refractivity contribution in [3.8, 4) is 0 Å². The number of hydrogen-bond acceptors (Lipinski definition) is 8. The number of rotatable bonds is 14. The molecule has 0 aliphatic heterocycles. The van der Waals surface area contributed by atoms with Gasteiger partial charge in [0.25, 0.3) is 0 Å². The van der Waals surface area contributed by atoms with E-state index in [4.69, 9.17) is 11.5 Å². The van der Waals surface area contributed by atoms with Crippen molar-refractivity contribution in [1.29, 1.82) is 0 Å². The van der Waals surface area contributed by atoms with Gasteiger partial charge in [0.05, 0.1) is 12.6 Å². The van der Waals surface area contributed by atoms with E-state index in [1.807, 2.05) is 0 Å². The number of aliphatic hydroxyl groups excluding tert-OH is 1. The van der Waals surface area contributed by atoms with Gasteiger partial charge in [0.2, 0.25) is 23.6 Å². The van der Waals surface area contributed by atoms with Gasteiger partial charge >= 0.3 is 5.97 Å². The zero-order valence-electron chi connectivity index (χ0n) is 17.0. The van der Waals surface area contributed by atoms with E-state index >= 15 is 0 Å². The molecule has 0 aromatic carbocycles. The van der Waals surface area contributed by atoms with Crippen LogP contribution in [0.2, 0.25) is 0 Å². The zero-order valence-corrected chi connectivity index (χ0v) is 17.9. The molecule has 4 atom stereocenters. The third-order valence-corrected chi connectivity index (χ3v) is 4.38. The minimum atomic E-state index is -1.47. The van der Waals surface area contributed by atoms with E-state index in [2.05, 4.69) is 28.6 Å². The van der Waals surface area contributed by atoms with E-state index in [9.17, 15) is 34.2 Å². The first-order valence-electron chi connectivity index (χ1n) is 9.32. The number of aliphatic hydroxyl groups is 1. The van der Waals surface area contributed by atoms with Crippen molar-refractivity contribution in [1.82, 2.24) is 16.0 Å². The lowest BCUT2D eigenvalue weighted by Gasteiger charge is -2.24. The highest BCUT2D eigenvalue weighted by atomic mass is 32.1. The summed E-state index contributed by atoms with van der Waals surface area (Å²) in [7, 11) is 0. The molecule has 12 nitrogen and oxygen atoms in total. The number of amides is 4. The van der Waals surface area contributed by atoms with Gasteiger partial charge in [0.15, 0.2) is 0 Å². The van der Waals surface area contributed by atoms with Gasteiger partial charge in [-0.2, -0.15) is 12.6 Å². The highest BCUT2D eigenvalue weighted by Gasteiger charge is 2.30. The van der Waals surface area contributed by atoms with E-state index in [-0.39, 0.29) is 30.9 Å². The first-order valence-corrected chi connectivity index (χ1v) is 9.95. The highest BCUT2D eigenvalue weighted by Crippen LogP contribution is 2.06. The number of carboxylic acid groups (broad SMARTS) is 1. The Kier molecular flexibility index (Phi) is 12.7. The van der Waals surface area contributed by atoms with Gasteiger partial charge in [-0.15, -0.1) is 0 Å². The van der Waals surface area contributed by atoms with Gasteiger partial charge in [-0.05, 0) is 18.8 Å². The van der Waals surface area contributed by atoms with Crippen molar-refractivity contribution in [2.45, 2.75) is 57.3 Å². The van der Waals surface area contributed by atoms with E-state index in [1.54, 1.807) is 13.8 Å². The smallest absolute Gasteiger partial charge is 0.326 e. The summed E-state index contributed by atoms with van der Waals surface area (Å²) in [6.45, 7) is 2.72. The van der Waals surface area contributed by atoms with Crippen LogP contribution in [0.15, 0.2) is 0 Å². The Labute approximate surface area is 179 Å². The van der Waals surface area contributed by atoms with Gasteiger partial charge in [0, 0.05) is 12.2 Å². The van der Waals surface area contributed by atoms with Gasteiger partial charge < -0.3 is 37.6 Å². The van der Waals surface area contributed by atoms with Crippen molar-refractivity contribution >= 4 is 42.2 Å². The third kappa shape index (κ3) is 10.4. The van der Waals surface area contributed by atoms with E-state index in [1.165, 1.54) is 0 Å². The molecule has 4 unspecified atom stereocenters. The van der Waals surface area contributed by atoms with Crippen LogP contribution in [0.5, 0.6) is 0 Å². The molecule has 0 rings (SSSR count). The number of aliphatic carboxylic acids is 1. The molecule has 30 heavy (non-hydrogen) atoms. The molecule has 0 aliphatic rings. The zero-order chi connectivity index (χ0) is 23.4. The van der Waals surface area contributed by atoms with Crippen LogP contribution < -0.4 is 27.4 Å². The van der Waals surface area contributed by atoms with E-state index < -0.39 is 60.4 Å². The van der Waals surface area contributed by atoms with Crippen LogP contribution in [0.3, 0.4) is 0 Å². The molecule has 0 saturated carbocycles. The standard InChI is InChI=1S/C17H31N5O7S/c1-8(2)5-11(17(28)29)21-16(27)12(6-23)22-15(26)10(3-4-13(19)24)20-14(25)9(18)7-30/h8-12,23,30H,3-7,18H2,1-2H3,(H2,19,24)(H,20,25)(H,21,27)(H,22,26)(H,28,29). The molecule has 0 aliphatic carbocycles. The van der Waals surface area contributed by atoms with Gasteiger partial charge in [0.1, 0.15) is 18.1 Å². The van der Waals surface area contributed by atoms with E-state index in [0.29, 0.717) is 0 Å². The van der Waals surface area contributed by atoms with Crippen molar-refractivity contribution in [3.63, 3.8) is 0 Å². The van der Waals surface area contributed by atoms with Crippen molar-refractivity contribution < 1.29 is 34.2 Å². The molecule has 0 radical (unpaired) electrons. The lowest BCUT2D eigenvalue weighted by molar-refractivity contribution is -0.143. The average Bonchev–Trinajstić information content (AvgIpc) is 2.66. The Balaban J connectivity index is 5.24. The second-order valence-electron chi connectivity index (χ2n) is 7.13. The van der Waals surface area contributed by atoms with Crippen molar-refractivity contribution in [3.05, 3.63) is 0 Å². The first-order chi connectivity index (χ1) is 13.9. The molecule has 0 spiro atoms. The summed E-state index contributed by atoms with van der Waals surface area (Å²) < 4.78 is 0. The second-order valence-corrected chi connectivity index (χ2v) is 7.49. The minimum Gasteiger partial charge on any atom is -0.480 e. The largest absolute Gasteiger partial charge is 0.480 e. The molecule has 0 aromatic heterocycles. The van der Waals surface area contributed by atoms with Crippen LogP contribution in [-0.2, 0) is 24.0 Å². The van der Waals surface area contributed by atoms with Crippen molar-refractivity contribution in [2.24, 2.45) is 17.4 Å². The summed E-state index contributed by atoms with van der Waals surface area (Å²) in [5, 5.41) is 25.5. The number of carbonyl (C=O) groups is 5. The van der Waals surface area contributed by atoms with Gasteiger partial charge in [-0.3, -0.25) is 19.2 Å². The number of nitrogens with one attached hydrogen (secondary N) is 3. The van der Waals surface area contributed by atoms with Crippen LogP contribution in [0.4, 0.5) is 0 Å².